The van der Waals surface area contributed by atoms with Gasteiger partial charge in [-0.05, 0) is 11.1 Å². The first-order valence-electron chi connectivity index (χ1n) is 7.38. The average Bonchev–Trinajstić information content (AvgIpc) is 2.64. The van der Waals surface area contributed by atoms with Crippen LogP contribution in [0.3, 0.4) is 0 Å². The normalized spacial score (nSPS) is 11.7. The fraction of sp³-hybridized carbons (Fsp3) is 0. The Bertz CT molecular complexity index is 821. The fourth-order valence-corrected chi connectivity index (χ4v) is 2.75. The fourth-order valence-electron chi connectivity index (χ4n) is 2.42. The van der Waals surface area contributed by atoms with Crippen molar-refractivity contribution in [3.63, 3.8) is 0 Å². The second-order valence-electron chi connectivity index (χ2n) is 5.12. The zero-order chi connectivity index (χ0) is 16.1. The minimum atomic E-state index is -0.0781. The highest BCUT2D eigenvalue weighted by molar-refractivity contribution is 6.58. The zero-order valence-corrected chi connectivity index (χ0v) is 13.2. The number of hydrogen-bond donors (Lipinski definition) is 0. The monoisotopic (exact) mass is 318 g/mol. The van der Waals surface area contributed by atoms with Gasteiger partial charge in [0.2, 0.25) is 0 Å². The highest BCUT2D eigenvalue weighted by Gasteiger charge is 2.19. The molecule has 0 saturated carbocycles. The molecule has 0 N–H and O–H groups in total. The number of carbonyl (C=O) groups excluding carboxylic acids is 1. The smallest absolute Gasteiger partial charge is 0.195 e. The third kappa shape index (κ3) is 3.41. The maximum Gasteiger partial charge on any atom is 0.195 e. The van der Waals surface area contributed by atoms with E-state index in [4.69, 9.17) is 11.6 Å². The van der Waals surface area contributed by atoms with Crippen LogP contribution in [0.5, 0.6) is 0 Å². The average molecular weight is 319 g/mol. The lowest BCUT2D eigenvalue weighted by molar-refractivity contribution is 0.105. The van der Waals surface area contributed by atoms with Gasteiger partial charge in [0.1, 0.15) is 0 Å². The molecule has 3 rings (SSSR count). The van der Waals surface area contributed by atoms with Crippen molar-refractivity contribution in [1.82, 2.24) is 0 Å². The molecule has 3 aromatic rings. The van der Waals surface area contributed by atoms with Crippen LogP contribution in [0, 0.1) is 0 Å². The number of ketones is 1. The summed E-state index contributed by atoms with van der Waals surface area (Å²) in [6.45, 7) is 0. The number of Topliss-reactive ketones (excluding diaryl/α,β-unsaturated/α-hetero) is 1. The molecule has 0 amide bonds. The Morgan fingerprint density at radius 2 is 0.957 bits per heavy atom. The molecule has 0 aliphatic heterocycles. The van der Waals surface area contributed by atoms with E-state index in [-0.39, 0.29) is 5.78 Å². The van der Waals surface area contributed by atoms with Crippen LogP contribution < -0.4 is 0 Å². The number of halogens is 1. The third-order valence-corrected chi connectivity index (χ3v) is 3.98. The summed E-state index contributed by atoms with van der Waals surface area (Å²) in [5.41, 5.74) is 2.79. The first-order valence-corrected chi connectivity index (χ1v) is 7.75. The van der Waals surface area contributed by atoms with Gasteiger partial charge in [-0.15, -0.1) is 0 Å². The molecule has 23 heavy (non-hydrogen) atoms. The maximum absolute atomic E-state index is 13.0. The van der Waals surface area contributed by atoms with Crippen molar-refractivity contribution in [2.24, 2.45) is 0 Å². The first kappa shape index (κ1) is 15.3. The van der Waals surface area contributed by atoms with Gasteiger partial charge in [-0.2, -0.15) is 0 Å². The molecule has 2 heteroatoms. The molecular weight excluding hydrogens is 304 g/mol. The summed E-state index contributed by atoms with van der Waals surface area (Å²) in [6.07, 6.45) is 0. The number of hydrogen-bond acceptors (Lipinski definition) is 1. The molecule has 0 spiro atoms. The van der Waals surface area contributed by atoms with Crippen LogP contribution in [0.15, 0.2) is 91.0 Å². The van der Waals surface area contributed by atoms with Crippen LogP contribution in [-0.2, 0) is 0 Å². The Morgan fingerprint density at radius 3 is 1.43 bits per heavy atom. The molecule has 0 saturated heterocycles. The Hall–Kier alpha value is -2.64. The van der Waals surface area contributed by atoms with Gasteiger partial charge in [-0.3, -0.25) is 4.79 Å². The van der Waals surface area contributed by atoms with E-state index in [1.165, 1.54) is 0 Å². The van der Waals surface area contributed by atoms with Crippen molar-refractivity contribution in [1.29, 1.82) is 0 Å². The van der Waals surface area contributed by atoms with E-state index < -0.39 is 0 Å². The van der Waals surface area contributed by atoms with Crippen molar-refractivity contribution in [2.75, 3.05) is 0 Å². The summed E-state index contributed by atoms with van der Waals surface area (Å²) >= 11 is 6.61. The third-order valence-electron chi connectivity index (χ3n) is 3.57. The van der Waals surface area contributed by atoms with Crippen LogP contribution in [-0.4, -0.2) is 5.78 Å². The summed E-state index contributed by atoms with van der Waals surface area (Å²) in [4.78, 5) is 13.0. The minimum absolute atomic E-state index is 0.0781. The van der Waals surface area contributed by atoms with Crippen LogP contribution in [0.1, 0.15) is 21.5 Å². The lowest BCUT2D eigenvalue weighted by Gasteiger charge is -2.11. The number of allylic oxidation sites excluding steroid dienone is 1. The second kappa shape index (κ2) is 7.08. The largest absolute Gasteiger partial charge is 0.289 e. The molecule has 0 bridgehead atoms. The van der Waals surface area contributed by atoms with E-state index in [1.807, 2.05) is 78.9 Å². The van der Waals surface area contributed by atoms with Gasteiger partial charge >= 0.3 is 0 Å². The standard InChI is InChI=1S/C21H15ClO/c22-20(17-12-6-2-7-13-17)19(16-10-4-1-5-11-16)21(23)18-14-8-3-9-15-18/h1-15H. The first-order chi connectivity index (χ1) is 11.3. The van der Waals surface area contributed by atoms with Gasteiger partial charge in [-0.1, -0.05) is 103 Å². The predicted molar refractivity (Wildman–Crippen MR) is 96.3 cm³/mol. The SMILES string of the molecule is O=C(C(=C(Cl)c1ccccc1)c1ccccc1)c1ccccc1. The molecule has 0 aromatic heterocycles. The van der Waals surface area contributed by atoms with E-state index in [2.05, 4.69) is 0 Å². The molecule has 0 aliphatic rings. The highest BCUT2D eigenvalue weighted by Crippen LogP contribution is 2.32. The van der Waals surface area contributed by atoms with E-state index in [0.717, 1.165) is 11.1 Å². The molecule has 112 valence electrons. The van der Waals surface area contributed by atoms with Gasteiger partial charge in [0, 0.05) is 11.1 Å². The molecule has 0 radical (unpaired) electrons. The van der Waals surface area contributed by atoms with Crippen molar-refractivity contribution in [3.8, 4) is 0 Å². The Kier molecular flexibility index (Phi) is 4.70. The molecule has 0 unspecified atom stereocenters. The van der Waals surface area contributed by atoms with Crippen molar-refractivity contribution < 1.29 is 4.79 Å². The maximum atomic E-state index is 13.0. The molecule has 0 atom stereocenters. The Balaban J connectivity index is 2.18. The molecular formula is C21H15ClO. The summed E-state index contributed by atoms with van der Waals surface area (Å²) in [6, 6.07) is 28.3. The van der Waals surface area contributed by atoms with Crippen LogP contribution in [0.2, 0.25) is 0 Å². The number of rotatable bonds is 4. The lowest BCUT2D eigenvalue weighted by atomic mass is 9.94. The van der Waals surface area contributed by atoms with E-state index in [9.17, 15) is 4.79 Å². The summed E-state index contributed by atoms with van der Waals surface area (Å²) in [7, 11) is 0. The van der Waals surface area contributed by atoms with Gasteiger partial charge in [0.15, 0.2) is 5.78 Å². The summed E-state index contributed by atoms with van der Waals surface area (Å²) in [5, 5.41) is 0.464. The van der Waals surface area contributed by atoms with E-state index >= 15 is 0 Å². The van der Waals surface area contributed by atoms with Gasteiger partial charge in [-0.25, -0.2) is 0 Å². The lowest BCUT2D eigenvalue weighted by Crippen LogP contribution is -2.04. The summed E-state index contributed by atoms with van der Waals surface area (Å²) < 4.78 is 0. The summed E-state index contributed by atoms with van der Waals surface area (Å²) in [5.74, 6) is -0.0781. The predicted octanol–water partition coefficient (Wildman–Crippen LogP) is 5.68. The Morgan fingerprint density at radius 1 is 0.565 bits per heavy atom. The van der Waals surface area contributed by atoms with E-state index in [0.29, 0.717) is 16.2 Å². The number of benzene rings is 3. The Labute approximate surface area is 140 Å². The topological polar surface area (TPSA) is 17.1 Å². The zero-order valence-electron chi connectivity index (χ0n) is 12.4. The molecule has 0 aliphatic carbocycles. The van der Waals surface area contributed by atoms with E-state index in [1.54, 1.807) is 12.1 Å². The van der Waals surface area contributed by atoms with Gasteiger partial charge in [0.25, 0.3) is 0 Å². The van der Waals surface area contributed by atoms with Gasteiger partial charge in [0.05, 0.1) is 5.03 Å². The molecule has 0 fully saturated rings. The van der Waals surface area contributed by atoms with Crippen molar-refractivity contribution >= 4 is 28.0 Å². The highest BCUT2D eigenvalue weighted by atomic mass is 35.5. The minimum Gasteiger partial charge on any atom is -0.289 e. The second-order valence-corrected chi connectivity index (χ2v) is 5.49. The van der Waals surface area contributed by atoms with Crippen molar-refractivity contribution in [2.45, 2.75) is 0 Å². The molecule has 0 heterocycles. The quantitative estimate of drug-likeness (QED) is 0.344. The molecule has 3 aromatic carbocycles. The van der Waals surface area contributed by atoms with Crippen LogP contribution >= 0.6 is 11.6 Å². The van der Waals surface area contributed by atoms with Crippen LogP contribution in [0.25, 0.3) is 10.6 Å². The van der Waals surface area contributed by atoms with Crippen molar-refractivity contribution in [3.05, 3.63) is 108 Å². The number of carbonyl (C=O) groups is 1. The molecule has 1 nitrogen and oxygen atoms in total. The van der Waals surface area contributed by atoms with Gasteiger partial charge < -0.3 is 0 Å². The van der Waals surface area contributed by atoms with Crippen LogP contribution in [0.4, 0.5) is 0 Å².